The third kappa shape index (κ3) is 4.47. The van der Waals surface area contributed by atoms with E-state index in [0.29, 0.717) is 28.3 Å². The summed E-state index contributed by atoms with van der Waals surface area (Å²) in [4.78, 5) is 28.4. The summed E-state index contributed by atoms with van der Waals surface area (Å²) in [7, 11) is 1.58. The number of hydrogen-bond acceptors (Lipinski definition) is 5. The lowest BCUT2D eigenvalue weighted by atomic mass is 9.94. The summed E-state index contributed by atoms with van der Waals surface area (Å²) in [5.41, 5.74) is 4.52. The van der Waals surface area contributed by atoms with Crippen LogP contribution in [-0.2, 0) is 9.59 Å². The number of aryl methyl sites for hydroxylation is 2. The Balaban J connectivity index is 1.92. The lowest BCUT2D eigenvalue weighted by Gasteiger charge is -2.27. The van der Waals surface area contributed by atoms with Crippen LogP contribution in [0.5, 0.6) is 11.5 Å². The fraction of sp³-hybridized carbons (Fsp3) is 0.267. The third-order valence-electron chi connectivity index (χ3n) is 6.52. The molecule has 4 rings (SSSR count). The minimum absolute atomic E-state index is 0.00103. The van der Waals surface area contributed by atoms with Crippen LogP contribution < -0.4 is 14.4 Å². The summed E-state index contributed by atoms with van der Waals surface area (Å²) in [6.45, 7) is 9.64. The van der Waals surface area contributed by atoms with Crippen molar-refractivity contribution < 1.29 is 24.2 Å². The van der Waals surface area contributed by atoms with Crippen LogP contribution in [0.2, 0.25) is 0 Å². The van der Waals surface area contributed by atoms with Crippen LogP contribution in [0, 0.1) is 20.8 Å². The van der Waals surface area contributed by atoms with Gasteiger partial charge in [0.15, 0.2) is 0 Å². The molecule has 0 saturated carbocycles. The molecule has 3 aromatic rings. The van der Waals surface area contributed by atoms with E-state index in [1.54, 1.807) is 37.4 Å². The summed E-state index contributed by atoms with van der Waals surface area (Å²) in [6.07, 6.45) is 0.00103. The van der Waals surface area contributed by atoms with E-state index in [4.69, 9.17) is 9.47 Å². The van der Waals surface area contributed by atoms with Gasteiger partial charge in [0.05, 0.1) is 24.8 Å². The van der Waals surface area contributed by atoms with Crippen molar-refractivity contribution in [1.82, 2.24) is 0 Å². The zero-order valence-electron chi connectivity index (χ0n) is 21.5. The van der Waals surface area contributed by atoms with Gasteiger partial charge in [-0.05, 0) is 93.3 Å². The van der Waals surface area contributed by atoms with Gasteiger partial charge in [-0.25, -0.2) is 0 Å². The maximum Gasteiger partial charge on any atom is 0.300 e. The molecule has 36 heavy (non-hydrogen) atoms. The number of aliphatic hydroxyl groups excluding tert-OH is 1. The second-order valence-electron chi connectivity index (χ2n) is 9.31. The molecule has 1 aliphatic heterocycles. The molecule has 6 heteroatoms. The molecule has 1 fully saturated rings. The topological polar surface area (TPSA) is 76.1 Å². The van der Waals surface area contributed by atoms with E-state index in [9.17, 15) is 14.7 Å². The van der Waals surface area contributed by atoms with Gasteiger partial charge in [-0.2, -0.15) is 0 Å². The number of rotatable bonds is 6. The highest BCUT2D eigenvalue weighted by Crippen LogP contribution is 2.44. The molecule has 1 saturated heterocycles. The number of carbonyl (C=O) groups is 2. The predicted molar refractivity (Wildman–Crippen MR) is 141 cm³/mol. The number of hydrogen-bond donors (Lipinski definition) is 1. The molecule has 1 unspecified atom stereocenters. The molecule has 0 aliphatic carbocycles. The fourth-order valence-corrected chi connectivity index (χ4v) is 4.52. The molecule has 1 amide bonds. The van der Waals surface area contributed by atoms with Crippen molar-refractivity contribution in [2.45, 2.75) is 46.8 Å². The van der Waals surface area contributed by atoms with Gasteiger partial charge in [0.25, 0.3) is 11.7 Å². The first-order valence-corrected chi connectivity index (χ1v) is 11.9. The minimum atomic E-state index is -0.802. The van der Waals surface area contributed by atoms with Crippen molar-refractivity contribution in [2.75, 3.05) is 12.0 Å². The number of amides is 1. The quantitative estimate of drug-likeness (QED) is 0.262. The highest BCUT2D eigenvalue weighted by atomic mass is 16.5. The monoisotopic (exact) mass is 485 g/mol. The molecule has 3 aromatic carbocycles. The van der Waals surface area contributed by atoms with Crippen LogP contribution in [0.1, 0.15) is 47.7 Å². The van der Waals surface area contributed by atoms with Gasteiger partial charge in [-0.15, -0.1) is 0 Å². The Bertz CT molecular complexity index is 1350. The summed E-state index contributed by atoms with van der Waals surface area (Å²) in [5, 5.41) is 11.4. The van der Waals surface area contributed by atoms with Crippen LogP contribution >= 0.6 is 0 Å². The average molecular weight is 486 g/mol. The van der Waals surface area contributed by atoms with E-state index in [1.807, 2.05) is 65.0 Å². The third-order valence-corrected chi connectivity index (χ3v) is 6.52. The first kappa shape index (κ1) is 25.0. The van der Waals surface area contributed by atoms with E-state index >= 15 is 0 Å². The molecule has 0 radical (unpaired) electrons. The molecule has 186 valence electrons. The van der Waals surface area contributed by atoms with Crippen molar-refractivity contribution in [2.24, 2.45) is 0 Å². The van der Waals surface area contributed by atoms with Crippen LogP contribution in [0.4, 0.5) is 5.69 Å². The standard InChI is InChI=1S/C30H31NO5/c1-17(2)36-25-15-12-22(16-19(25)4)28(32)26-27(21-10-13-23(35-6)14-11-21)31(30(34)29(26)33)24-9-7-8-18(3)20(24)5/h7-17,27,32H,1-6H3/b28-26+. The lowest BCUT2D eigenvalue weighted by Crippen LogP contribution is -2.30. The second kappa shape index (κ2) is 9.90. The SMILES string of the molecule is COc1ccc(C2/C(=C(\O)c3ccc(OC(C)C)c(C)c3)C(=O)C(=O)N2c2cccc(C)c2C)cc1. The van der Waals surface area contributed by atoms with Crippen molar-refractivity contribution >= 4 is 23.1 Å². The van der Waals surface area contributed by atoms with Gasteiger partial charge in [0, 0.05) is 11.3 Å². The van der Waals surface area contributed by atoms with Crippen molar-refractivity contribution in [3.63, 3.8) is 0 Å². The Kier molecular flexibility index (Phi) is 6.88. The van der Waals surface area contributed by atoms with E-state index in [0.717, 1.165) is 16.7 Å². The second-order valence-corrected chi connectivity index (χ2v) is 9.31. The fourth-order valence-electron chi connectivity index (χ4n) is 4.52. The number of carbonyl (C=O) groups excluding carboxylic acids is 2. The zero-order chi connectivity index (χ0) is 26.1. The molecule has 0 aromatic heterocycles. The van der Waals surface area contributed by atoms with Gasteiger partial charge < -0.3 is 14.6 Å². The maximum atomic E-state index is 13.5. The molecule has 1 aliphatic rings. The number of benzene rings is 3. The van der Waals surface area contributed by atoms with E-state index in [-0.39, 0.29) is 17.4 Å². The summed E-state index contributed by atoms with van der Waals surface area (Å²) in [5.74, 6) is -0.277. The van der Waals surface area contributed by atoms with Crippen LogP contribution in [0.15, 0.2) is 66.2 Å². The Morgan fingerprint density at radius 2 is 1.64 bits per heavy atom. The molecule has 0 bridgehead atoms. The predicted octanol–water partition coefficient (Wildman–Crippen LogP) is 6.03. The van der Waals surface area contributed by atoms with Gasteiger partial charge in [-0.3, -0.25) is 14.5 Å². The molecule has 1 N–H and O–H groups in total. The van der Waals surface area contributed by atoms with Gasteiger partial charge in [0.1, 0.15) is 17.3 Å². The summed E-state index contributed by atoms with van der Waals surface area (Å²) < 4.78 is 11.1. The van der Waals surface area contributed by atoms with E-state index < -0.39 is 17.7 Å². The Morgan fingerprint density at radius 1 is 0.944 bits per heavy atom. The van der Waals surface area contributed by atoms with Crippen molar-refractivity contribution in [1.29, 1.82) is 0 Å². The molecule has 0 spiro atoms. The van der Waals surface area contributed by atoms with E-state index in [2.05, 4.69) is 0 Å². The number of Topliss-reactive ketones (excluding diaryl/α,β-unsaturated/α-hetero) is 1. The normalized spacial score (nSPS) is 17.1. The Morgan fingerprint density at radius 3 is 2.25 bits per heavy atom. The minimum Gasteiger partial charge on any atom is -0.507 e. The number of anilines is 1. The highest BCUT2D eigenvalue weighted by Gasteiger charge is 2.47. The molecular formula is C30H31NO5. The molecule has 1 heterocycles. The largest absolute Gasteiger partial charge is 0.507 e. The zero-order valence-corrected chi connectivity index (χ0v) is 21.5. The van der Waals surface area contributed by atoms with Crippen LogP contribution in [0.3, 0.4) is 0 Å². The maximum absolute atomic E-state index is 13.5. The smallest absolute Gasteiger partial charge is 0.300 e. The van der Waals surface area contributed by atoms with Gasteiger partial charge >= 0.3 is 0 Å². The summed E-state index contributed by atoms with van der Waals surface area (Å²) in [6, 6.07) is 17.3. The average Bonchev–Trinajstić information content (AvgIpc) is 3.11. The number of ketones is 1. The van der Waals surface area contributed by atoms with Gasteiger partial charge in [-0.1, -0.05) is 24.3 Å². The molecular weight excluding hydrogens is 454 g/mol. The van der Waals surface area contributed by atoms with Crippen LogP contribution in [-0.4, -0.2) is 30.0 Å². The van der Waals surface area contributed by atoms with Gasteiger partial charge in [0.2, 0.25) is 0 Å². The molecule has 6 nitrogen and oxygen atoms in total. The van der Waals surface area contributed by atoms with Crippen LogP contribution in [0.25, 0.3) is 5.76 Å². The Labute approximate surface area is 211 Å². The number of ether oxygens (including phenoxy) is 2. The van der Waals surface area contributed by atoms with Crippen molar-refractivity contribution in [3.8, 4) is 11.5 Å². The number of aliphatic hydroxyl groups is 1. The summed E-state index contributed by atoms with van der Waals surface area (Å²) >= 11 is 0. The van der Waals surface area contributed by atoms with E-state index in [1.165, 1.54) is 4.90 Å². The molecule has 1 atom stereocenters. The first-order chi connectivity index (χ1) is 17.1. The van der Waals surface area contributed by atoms with Crippen molar-refractivity contribution in [3.05, 3.63) is 94.1 Å². The lowest BCUT2D eigenvalue weighted by molar-refractivity contribution is -0.132. The Hall–Kier alpha value is -4.06. The number of methoxy groups -OCH3 is 1. The first-order valence-electron chi connectivity index (χ1n) is 11.9. The number of nitrogens with zero attached hydrogens (tertiary/aromatic N) is 1. The highest BCUT2D eigenvalue weighted by molar-refractivity contribution is 6.51.